The third-order valence-corrected chi connectivity index (χ3v) is 2.10. The zero-order valence-corrected chi connectivity index (χ0v) is 9.59. The maximum absolute atomic E-state index is 11.5. The Morgan fingerprint density at radius 1 is 1.33 bits per heavy atom. The lowest BCUT2D eigenvalue weighted by Crippen LogP contribution is -2.09. The summed E-state index contributed by atoms with van der Waals surface area (Å²) in [6.07, 6.45) is 3.77. The highest BCUT2D eigenvalue weighted by Gasteiger charge is 2.26. The number of hydrogen-bond donors (Lipinski definition) is 1. The zero-order valence-electron chi connectivity index (χ0n) is 7.32. The van der Waals surface area contributed by atoms with Gasteiger partial charge in [-0.25, -0.2) is 0 Å². The second-order valence-electron chi connectivity index (χ2n) is 2.63. The van der Waals surface area contributed by atoms with E-state index in [0.717, 1.165) is 6.08 Å². The van der Waals surface area contributed by atoms with Crippen LogP contribution in [0.25, 0.3) is 0 Å². The summed E-state index contributed by atoms with van der Waals surface area (Å²) >= 11 is 16.1. The summed E-state index contributed by atoms with van der Waals surface area (Å²) in [5.74, 6) is -1.07. The Bertz CT molecular complexity index is 384. The van der Waals surface area contributed by atoms with Crippen molar-refractivity contribution in [2.45, 2.75) is 3.79 Å². The number of ketones is 1. The van der Waals surface area contributed by atoms with Crippen LogP contribution < -0.4 is 0 Å². The fraction of sp³-hybridized carbons (Fsp3) is 0.111. The second-order valence-corrected chi connectivity index (χ2v) is 4.91. The molecule has 0 unspecified atom stereocenters. The van der Waals surface area contributed by atoms with Gasteiger partial charge in [0.05, 0.1) is 0 Å². The van der Waals surface area contributed by atoms with Crippen LogP contribution in [0.4, 0.5) is 0 Å². The van der Waals surface area contributed by atoms with Crippen molar-refractivity contribution in [3.8, 4) is 0 Å². The minimum atomic E-state index is -1.98. The summed E-state index contributed by atoms with van der Waals surface area (Å²) in [7, 11) is 0. The summed E-state index contributed by atoms with van der Waals surface area (Å²) in [5, 5.41) is 9.25. The molecule has 0 aliphatic carbocycles. The molecule has 1 aromatic heterocycles. The summed E-state index contributed by atoms with van der Waals surface area (Å²) < 4.78 is -1.98. The quantitative estimate of drug-likeness (QED) is 0.387. The molecular weight excluding hydrogens is 260 g/mol. The molecule has 0 aliphatic heterocycles. The van der Waals surface area contributed by atoms with Gasteiger partial charge >= 0.3 is 0 Å². The summed E-state index contributed by atoms with van der Waals surface area (Å²) in [6.45, 7) is 0. The molecule has 0 aliphatic rings. The van der Waals surface area contributed by atoms with Gasteiger partial charge in [0.25, 0.3) is 0 Å². The molecule has 80 valence electrons. The van der Waals surface area contributed by atoms with Crippen LogP contribution in [0.1, 0.15) is 10.4 Å². The number of aliphatic hydroxyl groups is 1. The number of aliphatic hydroxyl groups excluding tert-OH is 1. The number of rotatable bonds is 2. The molecule has 15 heavy (non-hydrogen) atoms. The number of allylic oxidation sites excluding steroid dienone is 2. The third-order valence-electron chi connectivity index (χ3n) is 1.52. The number of carbonyl (C=O) groups is 1. The number of alkyl halides is 3. The van der Waals surface area contributed by atoms with Gasteiger partial charge in [-0.1, -0.05) is 34.8 Å². The third kappa shape index (κ3) is 3.70. The molecule has 1 N–H and O–H groups in total. The lowest BCUT2D eigenvalue weighted by atomic mass is 10.1. The van der Waals surface area contributed by atoms with Crippen LogP contribution in [0.2, 0.25) is 0 Å². The molecule has 0 radical (unpaired) electrons. The molecule has 0 saturated heterocycles. The molecule has 3 nitrogen and oxygen atoms in total. The molecule has 1 rings (SSSR count). The molecule has 1 heterocycles. The first-order chi connectivity index (χ1) is 6.91. The lowest BCUT2D eigenvalue weighted by Gasteiger charge is -2.08. The number of aromatic nitrogens is 1. The minimum absolute atomic E-state index is 0.353. The Balaban J connectivity index is 2.90. The number of nitrogens with zero attached hydrogens (tertiary/aromatic N) is 1. The van der Waals surface area contributed by atoms with E-state index in [4.69, 9.17) is 34.8 Å². The van der Waals surface area contributed by atoms with Crippen LogP contribution in [-0.2, 0) is 0 Å². The van der Waals surface area contributed by atoms with Gasteiger partial charge in [0.1, 0.15) is 5.76 Å². The van der Waals surface area contributed by atoms with Crippen LogP contribution in [0, 0.1) is 0 Å². The normalized spacial score (nSPS) is 12.6. The SMILES string of the molecule is O=C(C=C(O)C(Cl)(Cl)Cl)c1ccncc1. The Labute approximate surface area is 101 Å². The van der Waals surface area contributed by atoms with Gasteiger partial charge in [-0.05, 0) is 12.1 Å². The van der Waals surface area contributed by atoms with Crippen molar-refractivity contribution >= 4 is 40.6 Å². The van der Waals surface area contributed by atoms with Crippen molar-refractivity contribution in [2.75, 3.05) is 0 Å². The van der Waals surface area contributed by atoms with Gasteiger partial charge in [-0.2, -0.15) is 0 Å². The molecule has 0 atom stereocenters. The van der Waals surface area contributed by atoms with E-state index >= 15 is 0 Å². The predicted octanol–water partition coefficient (Wildman–Crippen LogP) is 3.08. The average Bonchev–Trinajstić information content (AvgIpc) is 2.17. The predicted molar refractivity (Wildman–Crippen MR) is 59.6 cm³/mol. The number of carbonyl (C=O) groups excluding carboxylic acids is 1. The standard InChI is InChI=1S/C9H6Cl3NO2/c10-9(11,12)8(15)5-7(14)6-1-3-13-4-2-6/h1-5,15H. The van der Waals surface area contributed by atoms with Gasteiger partial charge < -0.3 is 5.11 Å². The van der Waals surface area contributed by atoms with Crippen molar-refractivity contribution in [1.29, 1.82) is 0 Å². The van der Waals surface area contributed by atoms with Gasteiger partial charge in [-0.3, -0.25) is 9.78 Å². The molecule has 0 bridgehead atoms. The van der Waals surface area contributed by atoms with Crippen LogP contribution in [0.5, 0.6) is 0 Å². The number of pyridine rings is 1. The van der Waals surface area contributed by atoms with E-state index in [0.29, 0.717) is 5.56 Å². The summed E-state index contributed by atoms with van der Waals surface area (Å²) in [6, 6.07) is 2.98. The smallest absolute Gasteiger partial charge is 0.247 e. The molecule has 0 amide bonds. The van der Waals surface area contributed by atoms with E-state index in [-0.39, 0.29) is 0 Å². The van der Waals surface area contributed by atoms with Crippen LogP contribution >= 0.6 is 34.8 Å². The first kappa shape index (κ1) is 12.3. The van der Waals surface area contributed by atoms with Crippen molar-refractivity contribution < 1.29 is 9.90 Å². The second kappa shape index (κ2) is 4.84. The Morgan fingerprint density at radius 2 is 1.87 bits per heavy atom. The maximum atomic E-state index is 11.5. The molecule has 6 heteroatoms. The molecule has 0 spiro atoms. The first-order valence-corrected chi connectivity index (χ1v) is 4.97. The van der Waals surface area contributed by atoms with Crippen molar-refractivity contribution in [3.05, 3.63) is 41.9 Å². The first-order valence-electron chi connectivity index (χ1n) is 3.83. The Morgan fingerprint density at radius 3 is 2.33 bits per heavy atom. The fourth-order valence-electron chi connectivity index (χ4n) is 0.806. The van der Waals surface area contributed by atoms with E-state index in [1.165, 1.54) is 24.5 Å². The molecule has 1 aromatic rings. The molecular formula is C9H6Cl3NO2. The van der Waals surface area contributed by atoms with E-state index in [1.807, 2.05) is 0 Å². The van der Waals surface area contributed by atoms with Gasteiger partial charge in [-0.15, -0.1) is 0 Å². The number of hydrogen-bond acceptors (Lipinski definition) is 3. The van der Waals surface area contributed by atoms with Crippen LogP contribution in [-0.4, -0.2) is 19.7 Å². The molecule has 0 aromatic carbocycles. The Kier molecular flexibility index (Phi) is 3.97. The topological polar surface area (TPSA) is 50.2 Å². The minimum Gasteiger partial charge on any atom is -0.508 e. The van der Waals surface area contributed by atoms with Gasteiger partial charge in [0.2, 0.25) is 3.79 Å². The highest BCUT2D eigenvalue weighted by molar-refractivity contribution is 6.69. The summed E-state index contributed by atoms with van der Waals surface area (Å²) in [5.41, 5.74) is 0.353. The van der Waals surface area contributed by atoms with Gasteiger partial charge in [0.15, 0.2) is 5.78 Å². The van der Waals surface area contributed by atoms with E-state index < -0.39 is 15.3 Å². The number of halogens is 3. The fourth-order valence-corrected chi connectivity index (χ4v) is 0.969. The van der Waals surface area contributed by atoms with E-state index in [1.54, 1.807) is 0 Å². The van der Waals surface area contributed by atoms with Crippen LogP contribution in [0.15, 0.2) is 36.4 Å². The van der Waals surface area contributed by atoms with Crippen molar-refractivity contribution in [3.63, 3.8) is 0 Å². The van der Waals surface area contributed by atoms with E-state index in [2.05, 4.69) is 4.98 Å². The Hall–Kier alpha value is -0.770. The monoisotopic (exact) mass is 265 g/mol. The van der Waals surface area contributed by atoms with E-state index in [9.17, 15) is 9.90 Å². The largest absolute Gasteiger partial charge is 0.508 e. The molecule has 0 saturated carbocycles. The maximum Gasteiger partial charge on any atom is 0.247 e. The highest BCUT2D eigenvalue weighted by Crippen LogP contribution is 2.32. The highest BCUT2D eigenvalue weighted by atomic mass is 35.6. The van der Waals surface area contributed by atoms with Gasteiger partial charge in [0, 0.05) is 24.0 Å². The van der Waals surface area contributed by atoms with Crippen molar-refractivity contribution in [1.82, 2.24) is 4.98 Å². The van der Waals surface area contributed by atoms with Crippen molar-refractivity contribution in [2.24, 2.45) is 0 Å². The lowest BCUT2D eigenvalue weighted by molar-refractivity contribution is 0.104. The zero-order chi connectivity index (χ0) is 11.5. The molecule has 0 fully saturated rings. The summed E-state index contributed by atoms with van der Waals surface area (Å²) in [4.78, 5) is 15.2. The van der Waals surface area contributed by atoms with Crippen LogP contribution in [0.3, 0.4) is 0 Å². The average molecular weight is 267 g/mol.